The van der Waals surface area contributed by atoms with Crippen molar-refractivity contribution in [2.45, 2.75) is 13.8 Å². The zero-order chi connectivity index (χ0) is 8.85. The highest BCUT2D eigenvalue weighted by atomic mass is 32.1. The lowest BCUT2D eigenvalue weighted by atomic mass is 10.2. The maximum absolute atomic E-state index is 5.10. The molecule has 0 aliphatic heterocycles. The van der Waals surface area contributed by atoms with Gasteiger partial charge in [0.1, 0.15) is 0 Å². The predicted octanol–water partition coefficient (Wildman–Crippen LogP) is 1.12. The average Bonchev–Trinajstić information content (AvgIpc) is 1.86. The minimum absolute atomic E-state index is 0.465. The smallest absolute Gasteiger partial charge is 0.0779 e. The number of nitrogens with zero attached hydrogens (tertiary/aromatic N) is 1. The Labute approximate surface area is 75.0 Å². The Balaban J connectivity index is 3.32. The molecule has 66 valence electrons. The summed E-state index contributed by atoms with van der Waals surface area (Å²) in [5.74, 6) is 0.465. The van der Waals surface area contributed by atoms with Gasteiger partial charge in [-0.1, -0.05) is 26.1 Å². The summed E-state index contributed by atoms with van der Waals surface area (Å²) in [5, 5.41) is 3.20. The summed E-state index contributed by atoms with van der Waals surface area (Å²) >= 11 is 5.10. The maximum atomic E-state index is 5.10. The van der Waals surface area contributed by atoms with Crippen LogP contribution in [-0.4, -0.2) is 37.1 Å². The van der Waals surface area contributed by atoms with E-state index in [-0.39, 0.29) is 0 Å². The lowest BCUT2D eigenvalue weighted by Crippen LogP contribution is -2.32. The summed E-state index contributed by atoms with van der Waals surface area (Å²) in [6.45, 7) is 6.19. The fourth-order valence-corrected chi connectivity index (χ4v) is 0.709. The maximum Gasteiger partial charge on any atom is 0.0779 e. The van der Waals surface area contributed by atoms with Crippen LogP contribution >= 0.6 is 12.2 Å². The molecule has 11 heavy (non-hydrogen) atoms. The molecule has 2 nitrogen and oxygen atoms in total. The lowest BCUT2D eigenvalue weighted by molar-refractivity contribution is 0.412. The first-order valence-electron chi connectivity index (χ1n) is 3.96. The van der Waals surface area contributed by atoms with Gasteiger partial charge in [-0.3, -0.25) is 0 Å². The Kier molecular flexibility index (Phi) is 5.42. The van der Waals surface area contributed by atoms with E-state index in [9.17, 15) is 0 Å². The van der Waals surface area contributed by atoms with E-state index in [0.717, 1.165) is 18.1 Å². The molecule has 1 N–H and O–H groups in total. The Morgan fingerprint density at radius 2 is 2.00 bits per heavy atom. The quantitative estimate of drug-likeness (QED) is 0.643. The molecule has 0 radical (unpaired) electrons. The van der Waals surface area contributed by atoms with Crippen molar-refractivity contribution in [2.75, 3.05) is 27.2 Å². The molecule has 0 spiro atoms. The monoisotopic (exact) mass is 174 g/mol. The Hall–Kier alpha value is -0.150. The zero-order valence-electron chi connectivity index (χ0n) is 7.85. The second-order valence-corrected chi connectivity index (χ2v) is 3.69. The molecule has 3 heteroatoms. The second-order valence-electron chi connectivity index (χ2n) is 3.25. The van der Waals surface area contributed by atoms with E-state index in [2.05, 4.69) is 38.2 Å². The molecule has 0 aromatic carbocycles. The van der Waals surface area contributed by atoms with Crippen LogP contribution < -0.4 is 5.32 Å². The molecular formula is C8H18N2S. The van der Waals surface area contributed by atoms with Gasteiger partial charge in [-0.2, -0.15) is 0 Å². The summed E-state index contributed by atoms with van der Waals surface area (Å²) in [7, 11) is 4.11. The van der Waals surface area contributed by atoms with Crippen molar-refractivity contribution in [3.63, 3.8) is 0 Å². The summed E-state index contributed by atoms with van der Waals surface area (Å²) in [5.41, 5.74) is 0. The highest BCUT2D eigenvalue weighted by molar-refractivity contribution is 7.80. The van der Waals surface area contributed by atoms with E-state index in [4.69, 9.17) is 12.2 Å². The van der Waals surface area contributed by atoms with Gasteiger partial charge in [-0.15, -0.1) is 0 Å². The Morgan fingerprint density at radius 3 is 2.36 bits per heavy atom. The molecule has 0 aliphatic carbocycles. The SMILES string of the molecule is CC(C)C(=S)NCCN(C)C. The summed E-state index contributed by atoms with van der Waals surface area (Å²) in [4.78, 5) is 3.10. The predicted molar refractivity (Wildman–Crippen MR) is 54.0 cm³/mol. The van der Waals surface area contributed by atoms with Crippen molar-refractivity contribution < 1.29 is 0 Å². The van der Waals surface area contributed by atoms with Crippen LogP contribution in [0.3, 0.4) is 0 Å². The van der Waals surface area contributed by atoms with Gasteiger partial charge >= 0.3 is 0 Å². The summed E-state index contributed by atoms with van der Waals surface area (Å²) in [6.07, 6.45) is 0. The van der Waals surface area contributed by atoms with Crippen LogP contribution in [-0.2, 0) is 0 Å². The lowest BCUT2D eigenvalue weighted by Gasteiger charge is -2.13. The highest BCUT2D eigenvalue weighted by Crippen LogP contribution is 1.92. The van der Waals surface area contributed by atoms with Crippen molar-refractivity contribution in [3.05, 3.63) is 0 Å². The molecule has 0 aromatic rings. The number of thiocarbonyl (C=S) groups is 1. The molecule has 0 amide bonds. The van der Waals surface area contributed by atoms with Gasteiger partial charge in [-0.25, -0.2) is 0 Å². The third-order valence-corrected chi connectivity index (χ3v) is 2.00. The second kappa shape index (κ2) is 5.49. The molecule has 0 saturated carbocycles. The summed E-state index contributed by atoms with van der Waals surface area (Å²) < 4.78 is 0. The van der Waals surface area contributed by atoms with Crippen molar-refractivity contribution >= 4 is 17.2 Å². The molecule has 0 heterocycles. The van der Waals surface area contributed by atoms with Crippen LogP contribution in [0.2, 0.25) is 0 Å². The third kappa shape index (κ3) is 6.26. The Bertz CT molecular complexity index is 121. The normalized spacial score (nSPS) is 10.7. The number of nitrogens with one attached hydrogen (secondary N) is 1. The molecule has 0 atom stereocenters. The molecule has 0 bridgehead atoms. The van der Waals surface area contributed by atoms with E-state index >= 15 is 0 Å². The van der Waals surface area contributed by atoms with E-state index in [1.54, 1.807) is 0 Å². The Morgan fingerprint density at radius 1 is 1.45 bits per heavy atom. The van der Waals surface area contributed by atoms with Crippen LogP contribution in [0.15, 0.2) is 0 Å². The van der Waals surface area contributed by atoms with Crippen molar-refractivity contribution in [1.29, 1.82) is 0 Å². The summed E-state index contributed by atoms with van der Waals surface area (Å²) in [6, 6.07) is 0. The minimum Gasteiger partial charge on any atom is -0.378 e. The number of hydrogen-bond donors (Lipinski definition) is 1. The van der Waals surface area contributed by atoms with Crippen LogP contribution in [0.4, 0.5) is 0 Å². The number of rotatable bonds is 4. The van der Waals surface area contributed by atoms with Crippen LogP contribution in [0.25, 0.3) is 0 Å². The largest absolute Gasteiger partial charge is 0.378 e. The molecule has 0 saturated heterocycles. The first kappa shape index (κ1) is 10.8. The van der Waals surface area contributed by atoms with Crippen LogP contribution in [0.5, 0.6) is 0 Å². The molecule has 0 aromatic heterocycles. The molecule has 0 fully saturated rings. The minimum atomic E-state index is 0.465. The topological polar surface area (TPSA) is 15.3 Å². The van der Waals surface area contributed by atoms with Gasteiger partial charge in [0, 0.05) is 19.0 Å². The van der Waals surface area contributed by atoms with Gasteiger partial charge in [0.2, 0.25) is 0 Å². The van der Waals surface area contributed by atoms with Crippen LogP contribution in [0.1, 0.15) is 13.8 Å². The van der Waals surface area contributed by atoms with E-state index in [0.29, 0.717) is 5.92 Å². The number of hydrogen-bond acceptors (Lipinski definition) is 2. The molecule has 0 rings (SSSR count). The van der Waals surface area contributed by atoms with E-state index in [1.807, 2.05) is 0 Å². The van der Waals surface area contributed by atoms with Gasteiger partial charge in [-0.05, 0) is 14.1 Å². The fourth-order valence-electron chi connectivity index (χ4n) is 0.607. The molecular weight excluding hydrogens is 156 g/mol. The first-order chi connectivity index (χ1) is 5.04. The molecule has 0 unspecified atom stereocenters. The average molecular weight is 174 g/mol. The van der Waals surface area contributed by atoms with Gasteiger partial charge in [0.05, 0.1) is 4.99 Å². The number of likely N-dealkylation sites (N-methyl/N-ethyl adjacent to an activating group) is 1. The fraction of sp³-hybridized carbons (Fsp3) is 0.875. The first-order valence-corrected chi connectivity index (χ1v) is 4.37. The highest BCUT2D eigenvalue weighted by Gasteiger charge is 1.99. The van der Waals surface area contributed by atoms with Crippen LogP contribution in [0, 0.1) is 5.92 Å². The van der Waals surface area contributed by atoms with Crippen molar-refractivity contribution in [3.8, 4) is 0 Å². The third-order valence-electron chi connectivity index (χ3n) is 1.38. The van der Waals surface area contributed by atoms with Crippen molar-refractivity contribution in [1.82, 2.24) is 10.2 Å². The van der Waals surface area contributed by atoms with Crippen molar-refractivity contribution in [2.24, 2.45) is 5.92 Å². The van der Waals surface area contributed by atoms with E-state index < -0.39 is 0 Å². The standard InChI is InChI=1S/C8H18N2S/c1-7(2)8(11)9-5-6-10(3)4/h7H,5-6H2,1-4H3,(H,9,11). The van der Waals surface area contributed by atoms with Gasteiger partial charge in [0.15, 0.2) is 0 Å². The molecule has 0 aliphatic rings. The van der Waals surface area contributed by atoms with E-state index in [1.165, 1.54) is 0 Å². The zero-order valence-corrected chi connectivity index (χ0v) is 8.66. The van der Waals surface area contributed by atoms with Gasteiger partial charge in [0.25, 0.3) is 0 Å². The van der Waals surface area contributed by atoms with Gasteiger partial charge < -0.3 is 10.2 Å².